The van der Waals surface area contributed by atoms with Gasteiger partial charge < -0.3 is 20.7 Å². The molecule has 0 aromatic rings. The molecule has 0 rings (SSSR count). The molecule has 0 aliphatic carbocycles. The second-order valence-corrected chi connectivity index (χ2v) is 2.76. The van der Waals surface area contributed by atoms with Crippen LogP contribution < -0.4 is 5.73 Å². The van der Waals surface area contributed by atoms with Crippen LogP contribution in [0.5, 0.6) is 0 Å². The zero-order valence-electron chi connectivity index (χ0n) is 8.19. The van der Waals surface area contributed by atoms with E-state index in [-0.39, 0.29) is 18.4 Å². The highest BCUT2D eigenvalue weighted by atomic mass is 16.4. The van der Waals surface area contributed by atoms with E-state index in [9.17, 15) is 4.79 Å². The lowest BCUT2D eigenvalue weighted by atomic mass is 10.4. The summed E-state index contributed by atoms with van der Waals surface area (Å²) in [5.41, 5.74) is 5.33. The highest BCUT2D eigenvalue weighted by Crippen LogP contribution is 1.89. The first-order chi connectivity index (χ1) is 6.02. The predicted octanol–water partition coefficient (Wildman–Crippen LogP) is -0.900. The summed E-state index contributed by atoms with van der Waals surface area (Å²) in [5, 5.41) is 11.2. The van der Waals surface area contributed by atoms with Gasteiger partial charge in [0.15, 0.2) is 0 Å². The van der Waals surface area contributed by atoms with E-state index in [4.69, 9.17) is 10.9 Å². The zero-order chi connectivity index (χ0) is 10.4. The lowest BCUT2D eigenvalue weighted by Crippen LogP contribution is -2.43. The number of carbonyl (C=O) groups is 1. The van der Waals surface area contributed by atoms with Gasteiger partial charge in [0.2, 0.25) is 11.9 Å². The van der Waals surface area contributed by atoms with Crippen LogP contribution in [-0.2, 0) is 4.79 Å². The summed E-state index contributed by atoms with van der Waals surface area (Å²) >= 11 is 0. The summed E-state index contributed by atoms with van der Waals surface area (Å²) in [5.74, 6) is -0.133. The number of amides is 1. The third-order valence-corrected chi connectivity index (χ3v) is 1.63. The van der Waals surface area contributed by atoms with Crippen LogP contribution in [0.25, 0.3) is 0 Å². The summed E-state index contributed by atoms with van der Waals surface area (Å²) in [7, 11) is 3.31. The number of hydrogen-bond donors (Lipinski definition) is 2. The van der Waals surface area contributed by atoms with Crippen LogP contribution >= 0.6 is 0 Å². The Morgan fingerprint density at radius 3 is 2.38 bits per heavy atom. The van der Waals surface area contributed by atoms with Crippen molar-refractivity contribution in [3.63, 3.8) is 0 Å². The molecule has 6 nitrogen and oxygen atoms in total. The summed E-state index contributed by atoms with van der Waals surface area (Å²) < 4.78 is 0. The van der Waals surface area contributed by atoms with Crippen LogP contribution in [0.15, 0.2) is 5.16 Å². The van der Waals surface area contributed by atoms with Gasteiger partial charge in [-0.1, -0.05) is 5.16 Å². The number of hydrogen-bond acceptors (Lipinski definition) is 3. The van der Waals surface area contributed by atoms with Crippen molar-refractivity contribution in [1.29, 1.82) is 0 Å². The van der Waals surface area contributed by atoms with Gasteiger partial charge in [0, 0.05) is 20.6 Å². The number of nitrogens with zero attached hydrogens (tertiary/aromatic N) is 3. The van der Waals surface area contributed by atoms with Crippen LogP contribution in [0, 0.1) is 0 Å². The molecule has 0 spiro atoms. The molecule has 0 fully saturated rings. The summed E-state index contributed by atoms with van der Waals surface area (Å²) in [6, 6.07) is 0. The first-order valence-corrected chi connectivity index (χ1v) is 3.95. The molecule has 6 heteroatoms. The van der Waals surface area contributed by atoms with Crippen molar-refractivity contribution in [1.82, 2.24) is 9.80 Å². The van der Waals surface area contributed by atoms with Crippen LogP contribution in [0.4, 0.5) is 0 Å². The Labute approximate surface area is 77.6 Å². The van der Waals surface area contributed by atoms with Crippen LogP contribution in [0.2, 0.25) is 0 Å². The van der Waals surface area contributed by atoms with Gasteiger partial charge in [-0.3, -0.25) is 4.79 Å². The second-order valence-electron chi connectivity index (χ2n) is 2.76. The molecule has 0 bridgehead atoms. The Balaban J connectivity index is 4.22. The van der Waals surface area contributed by atoms with Crippen molar-refractivity contribution in [2.75, 3.05) is 27.2 Å². The van der Waals surface area contributed by atoms with Crippen molar-refractivity contribution in [3.05, 3.63) is 0 Å². The summed E-state index contributed by atoms with van der Waals surface area (Å²) in [6.45, 7) is 2.47. The normalized spacial score (nSPS) is 11.2. The number of carbonyl (C=O) groups excluding carboxylic acids is 1. The average molecular weight is 188 g/mol. The van der Waals surface area contributed by atoms with Crippen molar-refractivity contribution in [2.45, 2.75) is 6.92 Å². The zero-order valence-corrected chi connectivity index (χ0v) is 8.19. The first kappa shape index (κ1) is 11.5. The summed E-state index contributed by atoms with van der Waals surface area (Å²) in [4.78, 5) is 14.2. The second kappa shape index (κ2) is 5.23. The fourth-order valence-corrected chi connectivity index (χ4v) is 0.723. The highest BCUT2D eigenvalue weighted by molar-refractivity contribution is 5.85. The minimum Gasteiger partial charge on any atom is -0.408 e. The van der Waals surface area contributed by atoms with E-state index >= 15 is 0 Å². The lowest BCUT2D eigenvalue weighted by Gasteiger charge is -2.21. The Morgan fingerprint density at radius 2 is 2.08 bits per heavy atom. The molecular formula is C7H16N4O2. The molecular weight excluding hydrogens is 172 g/mol. The van der Waals surface area contributed by atoms with Gasteiger partial charge in [-0.15, -0.1) is 0 Å². The van der Waals surface area contributed by atoms with E-state index in [0.29, 0.717) is 6.54 Å². The monoisotopic (exact) mass is 188 g/mol. The molecule has 1 amide bonds. The molecule has 0 saturated carbocycles. The van der Waals surface area contributed by atoms with E-state index in [2.05, 4.69) is 5.16 Å². The largest absolute Gasteiger partial charge is 0.408 e. The molecule has 0 unspecified atom stereocenters. The molecule has 0 aromatic carbocycles. The molecule has 0 saturated heterocycles. The van der Waals surface area contributed by atoms with Crippen LogP contribution in [0.1, 0.15) is 6.92 Å². The number of rotatable bonds is 3. The quantitative estimate of drug-likeness (QED) is 0.260. The highest BCUT2D eigenvalue weighted by Gasteiger charge is 2.12. The molecule has 0 heterocycles. The minimum atomic E-state index is -0.0894. The van der Waals surface area contributed by atoms with E-state index < -0.39 is 0 Å². The third-order valence-electron chi connectivity index (χ3n) is 1.63. The van der Waals surface area contributed by atoms with Crippen molar-refractivity contribution in [3.8, 4) is 0 Å². The Kier molecular flexibility index (Phi) is 4.64. The van der Waals surface area contributed by atoms with Crippen LogP contribution in [0.3, 0.4) is 0 Å². The van der Waals surface area contributed by atoms with Gasteiger partial charge in [0.05, 0.1) is 6.54 Å². The van der Waals surface area contributed by atoms with Gasteiger partial charge >= 0.3 is 0 Å². The standard InChI is InChI=1S/C7H16N4O2/c1-4-11(7(8)9-13)5-6(12)10(2)3/h13H,4-5H2,1-3H3,(H2,8,9). The molecule has 0 aromatic heterocycles. The number of oxime groups is 1. The fourth-order valence-electron chi connectivity index (χ4n) is 0.723. The molecule has 76 valence electrons. The molecule has 0 radical (unpaired) electrons. The Hall–Kier alpha value is -1.46. The van der Waals surface area contributed by atoms with Crippen molar-refractivity contribution in [2.24, 2.45) is 10.9 Å². The average Bonchev–Trinajstić information content (AvgIpc) is 2.12. The van der Waals surface area contributed by atoms with E-state index in [0.717, 1.165) is 0 Å². The van der Waals surface area contributed by atoms with Crippen molar-refractivity contribution < 1.29 is 10.0 Å². The van der Waals surface area contributed by atoms with E-state index in [1.807, 2.05) is 6.92 Å². The smallest absolute Gasteiger partial charge is 0.241 e. The summed E-state index contributed by atoms with van der Waals surface area (Å²) in [6.07, 6.45) is 0. The van der Waals surface area contributed by atoms with E-state index in [1.165, 1.54) is 9.80 Å². The SMILES string of the molecule is CCN(CC(=O)N(C)C)C(N)=NO. The molecule has 0 aliphatic heterocycles. The van der Waals surface area contributed by atoms with Gasteiger partial charge in [-0.05, 0) is 6.92 Å². The van der Waals surface area contributed by atoms with E-state index in [1.54, 1.807) is 14.1 Å². The van der Waals surface area contributed by atoms with Gasteiger partial charge in [-0.2, -0.15) is 0 Å². The number of guanidine groups is 1. The fraction of sp³-hybridized carbons (Fsp3) is 0.714. The van der Waals surface area contributed by atoms with Gasteiger partial charge in [0.25, 0.3) is 0 Å². The minimum absolute atomic E-state index is 0.0438. The number of likely N-dealkylation sites (N-methyl/N-ethyl adjacent to an activating group) is 2. The maximum absolute atomic E-state index is 11.2. The number of nitrogens with two attached hydrogens (primary N) is 1. The Bertz CT molecular complexity index is 203. The lowest BCUT2D eigenvalue weighted by molar-refractivity contribution is -0.129. The predicted molar refractivity (Wildman–Crippen MR) is 49.3 cm³/mol. The van der Waals surface area contributed by atoms with Crippen LogP contribution in [-0.4, -0.2) is 54.1 Å². The molecule has 3 N–H and O–H groups in total. The topological polar surface area (TPSA) is 82.2 Å². The maximum Gasteiger partial charge on any atom is 0.241 e. The Morgan fingerprint density at radius 1 is 1.54 bits per heavy atom. The van der Waals surface area contributed by atoms with Crippen molar-refractivity contribution >= 4 is 11.9 Å². The molecule has 0 aliphatic rings. The van der Waals surface area contributed by atoms with Gasteiger partial charge in [-0.25, -0.2) is 0 Å². The molecule has 13 heavy (non-hydrogen) atoms. The third kappa shape index (κ3) is 3.64. The van der Waals surface area contributed by atoms with Gasteiger partial charge in [0.1, 0.15) is 0 Å². The molecule has 0 atom stereocenters. The maximum atomic E-state index is 11.2. The first-order valence-electron chi connectivity index (χ1n) is 3.95.